The SMILES string of the molecule is CCOC(=O)CC(=O)CN1CCC(N2CCCCC2)C1. The van der Waals surface area contributed by atoms with E-state index in [0.717, 1.165) is 19.5 Å². The molecule has 2 fully saturated rings. The molecule has 0 bridgehead atoms. The summed E-state index contributed by atoms with van der Waals surface area (Å²) < 4.78 is 4.81. The highest BCUT2D eigenvalue weighted by atomic mass is 16.5. The van der Waals surface area contributed by atoms with Crippen molar-refractivity contribution in [3.63, 3.8) is 0 Å². The maximum absolute atomic E-state index is 11.8. The van der Waals surface area contributed by atoms with E-state index in [1.807, 2.05) is 0 Å². The summed E-state index contributed by atoms with van der Waals surface area (Å²) in [6, 6.07) is 0.602. The smallest absolute Gasteiger partial charge is 0.313 e. The lowest BCUT2D eigenvalue weighted by Gasteiger charge is -2.32. The van der Waals surface area contributed by atoms with Crippen molar-refractivity contribution in [1.29, 1.82) is 0 Å². The molecule has 5 nitrogen and oxygen atoms in total. The monoisotopic (exact) mass is 282 g/mol. The van der Waals surface area contributed by atoms with Crippen LogP contribution >= 0.6 is 0 Å². The number of rotatable bonds is 6. The predicted octanol–water partition coefficient (Wildman–Crippen LogP) is 1.07. The second kappa shape index (κ2) is 7.74. The summed E-state index contributed by atoms with van der Waals surface area (Å²) in [5.41, 5.74) is 0. The Morgan fingerprint density at radius 1 is 1.15 bits per heavy atom. The van der Waals surface area contributed by atoms with Gasteiger partial charge in [0, 0.05) is 19.1 Å². The molecule has 0 spiro atoms. The number of nitrogens with zero attached hydrogens (tertiary/aromatic N) is 2. The first-order valence-corrected chi connectivity index (χ1v) is 7.82. The van der Waals surface area contributed by atoms with E-state index >= 15 is 0 Å². The number of piperidine rings is 1. The summed E-state index contributed by atoms with van der Waals surface area (Å²) in [5.74, 6) is -0.424. The molecule has 2 heterocycles. The van der Waals surface area contributed by atoms with E-state index in [2.05, 4.69) is 9.80 Å². The molecule has 0 aromatic heterocycles. The maximum Gasteiger partial charge on any atom is 0.313 e. The fourth-order valence-corrected chi connectivity index (χ4v) is 3.22. The van der Waals surface area contributed by atoms with Gasteiger partial charge < -0.3 is 4.74 Å². The molecule has 0 aliphatic carbocycles. The third-order valence-corrected chi connectivity index (χ3v) is 4.20. The summed E-state index contributed by atoms with van der Waals surface area (Å²) in [6.45, 7) is 6.83. The lowest BCUT2D eigenvalue weighted by atomic mass is 10.1. The number of Topliss-reactive ketones (excluding diaryl/α,β-unsaturated/α-hetero) is 1. The predicted molar refractivity (Wildman–Crippen MR) is 76.5 cm³/mol. The van der Waals surface area contributed by atoms with Gasteiger partial charge in [-0.05, 0) is 39.3 Å². The number of ketones is 1. The van der Waals surface area contributed by atoms with Gasteiger partial charge in [0.2, 0.25) is 0 Å². The maximum atomic E-state index is 11.8. The quantitative estimate of drug-likeness (QED) is 0.539. The van der Waals surface area contributed by atoms with Crippen molar-refractivity contribution in [3.05, 3.63) is 0 Å². The van der Waals surface area contributed by atoms with Gasteiger partial charge in [0.25, 0.3) is 0 Å². The summed E-state index contributed by atoms with van der Waals surface area (Å²) >= 11 is 0. The number of hydrogen-bond donors (Lipinski definition) is 0. The molecule has 114 valence electrons. The average molecular weight is 282 g/mol. The molecule has 0 aromatic rings. The minimum Gasteiger partial charge on any atom is -0.466 e. The van der Waals surface area contributed by atoms with Crippen molar-refractivity contribution in [3.8, 4) is 0 Å². The Balaban J connectivity index is 1.70. The number of likely N-dealkylation sites (tertiary alicyclic amines) is 2. The van der Waals surface area contributed by atoms with Crippen LogP contribution in [0.4, 0.5) is 0 Å². The molecule has 0 aromatic carbocycles. The second-order valence-corrected chi connectivity index (χ2v) is 5.79. The van der Waals surface area contributed by atoms with E-state index in [1.54, 1.807) is 6.92 Å². The Hall–Kier alpha value is -0.940. The number of ether oxygens (including phenoxy) is 1. The molecule has 0 saturated carbocycles. The van der Waals surface area contributed by atoms with Gasteiger partial charge in [0.1, 0.15) is 6.42 Å². The summed E-state index contributed by atoms with van der Waals surface area (Å²) in [5, 5.41) is 0. The molecular weight excluding hydrogens is 256 g/mol. The summed E-state index contributed by atoms with van der Waals surface area (Å²) in [7, 11) is 0. The van der Waals surface area contributed by atoms with Crippen LogP contribution in [0.15, 0.2) is 0 Å². The normalized spacial score (nSPS) is 24.8. The Morgan fingerprint density at radius 3 is 2.60 bits per heavy atom. The Labute approximate surface area is 121 Å². The zero-order valence-electron chi connectivity index (χ0n) is 12.5. The van der Waals surface area contributed by atoms with Crippen LogP contribution in [-0.4, -0.2) is 66.9 Å². The van der Waals surface area contributed by atoms with E-state index < -0.39 is 5.97 Å². The van der Waals surface area contributed by atoms with Crippen molar-refractivity contribution in [2.24, 2.45) is 0 Å². The van der Waals surface area contributed by atoms with Crippen LogP contribution in [0.3, 0.4) is 0 Å². The molecule has 0 radical (unpaired) electrons. The zero-order valence-corrected chi connectivity index (χ0v) is 12.5. The Kier molecular flexibility index (Phi) is 5.98. The highest BCUT2D eigenvalue weighted by Crippen LogP contribution is 2.20. The summed E-state index contributed by atoms with van der Waals surface area (Å²) in [4.78, 5) is 27.8. The van der Waals surface area contributed by atoms with Gasteiger partial charge in [-0.2, -0.15) is 0 Å². The highest BCUT2D eigenvalue weighted by Gasteiger charge is 2.29. The fraction of sp³-hybridized carbons (Fsp3) is 0.867. The van der Waals surface area contributed by atoms with Gasteiger partial charge >= 0.3 is 5.97 Å². The van der Waals surface area contributed by atoms with Crippen LogP contribution < -0.4 is 0 Å². The van der Waals surface area contributed by atoms with Gasteiger partial charge in [-0.25, -0.2) is 0 Å². The molecule has 20 heavy (non-hydrogen) atoms. The van der Waals surface area contributed by atoms with Crippen LogP contribution in [0.25, 0.3) is 0 Å². The summed E-state index contributed by atoms with van der Waals surface area (Å²) in [6.07, 6.45) is 5.02. The lowest BCUT2D eigenvalue weighted by molar-refractivity contribution is -0.145. The molecule has 5 heteroatoms. The van der Waals surface area contributed by atoms with E-state index in [1.165, 1.54) is 32.4 Å². The van der Waals surface area contributed by atoms with Crippen molar-refractivity contribution >= 4 is 11.8 Å². The highest BCUT2D eigenvalue weighted by molar-refractivity contribution is 5.96. The van der Waals surface area contributed by atoms with E-state index in [-0.39, 0.29) is 12.2 Å². The van der Waals surface area contributed by atoms with E-state index in [4.69, 9.17) is 4.74 Å². The van der Waals surface area contributed by atoms with Gasteiger partial charge in [-0.15, -0.1) is 0 Å². The largest absolute Gasteiger partial charge is 0.466 e. The van der Waals surface area contributed by atoms with Gasteiger partial charge in [-0.1, -0.05) is 6.42 Å². The number of esters is 1. The van der Waals surface area contributed by atoms with E-state index in [0.29, 0.717) is 19.2 Å². The molecule has 2 aliphatic heterocycles. The van der Waals surface area contributed by atoms with Crippen molar-refractivity contribution in [1.82, 2.24) is 9.80 Å². The van der Waals surface area contributed by atoms with E-state index in [9.17, 15) is 9.59 Å². The van der Waals surface area contributed by atoms with Crippen LogP contribution in [0.1, 0.15) is 39.0 Å². The number of carbonyl (C=O) groups excluding carboxylic acids is 2. The average Bonchev–Trinajstić information content (AvgIpc) is 2.88. The molecule has 2 rings (SSSR count). The number of hydrogen-bond acceptors (Lipinski definition) is 5. The van der Waals surface area contributed by atoms with Crippen LogP contribution in [0.5, 0.6) is 0 Å². The first-order chi connectivity index (χ1) is 9.69. The fourth-order valence-electron chi connectivity index (χ4n) is 3.22. The Bertz CT molecular complexity index is 340. The zero-order chi connectivity index (χ0) is 14.4. The van der Waals surface area contributed by atoms with Crippen LogP contribution in [0.2, 0.25) is 0 Å². The minimum absolute atomic E-state index is 0.0252. The molecular formula is C15H26N2O3. The van der Waals surface area contributed by atoms with Gasteiger partial charge in [0.05, 0.1) is 13.2 Å². The lowest BCUT2D eigenvalue weighted by Crippen LogP contribution is -2.41. The van der Waals surface area contributed by atoms with Crippen molar-refractivity contribution in [2.75, 3.05) is 39.3 Å². The molecule has 2 aliphatic rings. The van der Waals surface area contributed by atoms with Crippen LogP contribution in [0, 0.1) is 0 Å². The first-order valence-electron chi connectivity index (χ1n) is 7.82. The molecule has 2 saturated heterocycles. The molecule has 1 atom stereocenters. The van der Waals surface area contributed by atoms with Gasteiger partial charge in [0.15, 0.2) is 5.78 Å². The molecule has 1 unspecified atom stereocenters. The minimum atomic E-state index is -0.399. The van der Waals surface area contributed by atoms with Crippen LogP contribution in [-0.2, 0) is 14.3 Å². The second-order valence-electron chi connectivity index (χ2n) is 5.79. The Morgan fingerprint density at radius 2 is 1.90 bits per heavy atom. The van der Waals surface area contributed by atoms with Crippen molar-refractivity contribution < 1.29 is 14.3 Å². The molecule has 0 N–H and O–H groups in total. The number of carbonyl (C=O) groups is 2. The van der Waals surface area contributed by atoms with Gasteiger partial charge in [-0.3, -0.25) is 19.4 Å². The topological polar surface area (TPSA) is 49.9 Å². The third kappa shape index (κ3) is 4.56. The molecule has 0 amide bonds. The third-order valence-electron chi connectivity index (χ3n) is 4.20. The van der Waals surface area contributed by atoms with Crippen molar-refractivity contribution in [2.45, 2.75) is 45.1 Å². The first kappa shape index (κ1) is 15.4. The standard InChI is InChI=1S/C15H26N2O3/c1-2-20-15(19)10-14(18)12-16-9-6-13(11-16)17-7-4-3-5-8-17/h13H,2-12H2,1H3.